The molecule has 2 fully saturated rings. The molecule has 0 aromatic carbocycles. The lowest BCUT2D eigenvalue weighted by atomic mass is 10.2. The number of hydrogen-bond acceptors (Lipinski definition) is 7. The van der Waals surface area contributed by atoms with Gasteiger partial charge in [-0.15, -0.1) is 5.10 Å². The molecular formula is C17H23N7O2. The zero-order valence-electron chi connectivity index (χ0n) is 14.7. The van der Waals surface area contributed by atoms with Gasteiger partial charge in [0.15, 0.2) is 5.82 Å². The van der Waals surface area contributed by atoms with E-state index in [1.165, 1.54) is 0 Å². The highest BCUT2D eigenvalue weighted by Gasteiger charge is 2.22. The second-order valence-corrected chi connectivity index (χ2v) is 6.44. The number of carbonyl (C=O) groups excluding carboxylic acids is 1. The highest BCUT2D eigenvalue weighted by molar-refractivity contribution is 5.76. The topological polar surface area (TPSA) is 79.6 Å². The molecule has 138 valence electrons. The summed E-state index contributed by atoms with van der Waals surface area (Å²) in [6.45, 7) is 6.42. The summed E-state index contributed by atoms with van der Waals surface area (Å²) in [5.41, 5.74) is 1.06. The van der Waals surface area contributed by atoms with Crippen molar-refractivity contribution >= 4 is 17.4 Å². The molecule has 0 bridgehead atoms. The summed E-state index contributed by atoms with van der Waals surface area (Å²) in [7, 11) is 0. The molecule has 1 amide bonds. The maximum Gasteiger partial charge on any atom is 0.244 e. The van der Waals surface area contributed by atoms with E-state index in [1.54, 1.807) is 17.1 Å². The largest absolute Gasteiger partial charge is 0.378 e. The number of morpholine rings is 1. The number of ether oxygens (including phenoxy) is 1. The van der Waals surface area contributed by atoms with E-state index >= 15 is 0 Å². The third-order valence-corrected chi connectivity index (χ3v) is 4.82. The number of hydrogen-bond donors (Lipinski definition) is 0. The normalized spacial score (nSPS) is 18.2. The van der Waals surface area contributed by atoms with Crippen molar-refractivity contribution in [2.45, 2.75) is 6.54 Å². The van der Waals surface area contributed by atoms with Gasteiger partial charge in [-0.05, 0) is 6.07 Å². The first-order chi connectivity index (χ1) is 12.8. The van der Waals surface area contributed by atoms with Crippen molar-refractivity contribution in [2.75, 3.05) is 62.3 Å². The molecule has 2 saturated heterocycles. The lowest BCUT2D eigenvalue weighted by Crippen LogP contribution is -2.49. The van der Waals surface area contributed by atoms with Crippen LogP contribution in [0.5, 0.6) is 0 Å². The number of carbonyl (C=O) groups is 1. The highest BCUT2D eigenvalue weighted by atomic mass is 16.5. The van der Waals surface area contributed by atoms with Gasteiger partial charge in [-0.1, -0.05) is 0 Å². The molecule has 0 unspecified atom stereocenters. The van der Waals surface area contributed by atoms with Crippen LogP contribution in [0.2, 0.25) is 0 Å². The van der Waals surface area contributed by atoms with Crippen molar-refractivity contribution in [3.8, 4) is 0 Å². The second-order valence-electron chi connectivity index (χ2n) is 6.44. The van der Waals surface area contributed by atoms with Crippen LogP contribution in [0.1, 0.15) is 0 Å². The van der Waals surface area contributed by atoms with Crippen molar-refractivity contribution in [3.63, 3.8) is 0 Å². The molecule has 0 spiro atoms. The molecule has 0 atom stereocenters. The Morgan fingerprint density at radius 3 is 2.62 bits per heavy atom. The van der Waals surface area contributed by atoms with E-state index in [0.29, 0.717) is 19.6 Å². The number of piperazine rings is 1. The molecule has 4 heterocycles. The van der Waals surface area contributed by atoms with E-state index in [-0.39, 0.29) is 5.91 Å². The molecule has 2 aromatic rings. The van der Waals surface area contributed by atoms with Gasteiger partial charge >= 0.3 is 0 Å². The van der Waals surface area contributed by atoms with E-state index < -0.39 is 0 Å². The van der Waals surface area contributed by atoms with Gasteiger partial charge < -0.3 is 19.4 Å². The van der Waals surface area contributed by atoms with Crippen LogP contribution in [0, 0.1) is 0 Å². The van der Waals surface area contributed by atoms with Crippen LogP contribution in [-0.4, -0.2) is 83.3 Å². The maximum atomic E-state index is 12.4. The fraction of sp³-hybridized carbons (Fsp3) is 0.529. The molecule has 9 nitrogen and oxygen atoms in total. The number of amides is 1. The summed E-state index contributed by atoms with van der Waals surface area (Å²) < 4.78 is 7.06. The Morgan fingerprint density at radius 1 is 1.08 bits per heavy atom. The standard InChI is InChI=1S/C17H23N7O2/c25-17(14-24-3-1-2-19-24)23-6-4-21(5-7-23)15-12-16(20-18-13-15)22-8-10-26-11-9-22/h1-3,12-13H,4-11,14H2. The number of rotatable bonds is 4. The van der Waals surface area contributed by atoms with Crippen LogP contribution >= 0.6 is 0 Å². The van der Waals surface area contributed by atoms with Crippen molar-refractivity contribution < 1.29 is 9.53 Å². The molecule has 0 radical (unpaired) electrons. The summed E-state index contributed by atoms with van der Waals surface area (Å²) in [5, 5.41) is 12.5. The molecule has 2 aliphatic heterocycles. The Kier molecular flexibility index (Phi) is 4.96. The minimum Gasteiger partial charge on any atom is -0.378 e. The summed E-state index contributed by atoms with van der Waals surface area (Å²) >= 11 is 0. The Morgan fingerprint density at radius 2 is 1.88 bits per heavy atom. The van der Waals surface area contributed by atoms with Crippen LogP contribution in [-0.2, 0) is 16.1 Å². The van der Waals surface area contributed by atoms with Gasteiger partial charge in [-0.3, -0.25) is 9.48 Å². The Balaban J connectivity index is 1.35. The minimum absolute atomic E-state index is 0.107. The first kappa shape index (κ1) is 16.8. The summed E-state index contributed by atoms with van der Waals surface area (Å²) in [6, 6.07) is 3.91. The Labute approximate surface area is 152 Å². The van der Waals surface area contributed by atoms with E-state index in [9.17, 15) is 4.79 Å². The first-order valence-electron chi connectivity index (χ1n) is 8.95. The van der Waals surface area contributed by atoms with E-state index in [4.69, 9.17) is 4.74 Å². The molecule has 0 saturated carbocycles. The maximum absolute atomic E-state index is 12.4. The van der Waals surface area contributed by atoms with Gasteiger partial charge in [0.05, 0.1) is 25.1 Å². The van der Waals surface area contributed by atoms with Crippen LogP contribution in [0.25, 0.3) is 0 Å². The van der Waals surface area contributed by atoms with Gasteiger partial charge in [0.1, 0.15) is 6.54 Å². The SMILES string of the molecule is O=C(Cn1cccn1)N1CCN(c2cnnc(N3CCOCC3)c2)CC1. The molecule has 9 heteroatoms. The number of nitrogens with zero attached hydrogens (tertiary/aromatic N) is 7. The molecule has 4 rings (SSSR count). The van der Waals surface area contributed by atoms with Crippen molar-refractivity contribution in [3.05, 3.63) is 30.7 Å². The van der Waals surface area contributed by atoms with Gasteiger partial charge in [-0.2, -0.15) is 10.2 Å². The minimum atomic E-state index is 0.107. The average molecular weight is 357 g/mol. The quantitative estimate of drug-likeness (QED) is 0.753. The molecule has 26 heavy (non-hydrogen) atoms. The second kappa shape index (κ2) is 7.69. The summed E-state index contributed by atoms with van der Waals surface area (Å²) in [5.74, 6) is 0.998. The van der Waals surface area contributed by atoms with Crippen LogP contribution in [0.4, 0.5) is 11.5 Å². The fourth-order valence-corrected chi connectivity index (χ4v) is 3.31. The smallest absolute Gasteiger partial charge is 0.244 e. The van der Waals surface area contributed by atoms with E-state index in [1.807, 2.05) is 17.2 Å². The molecule has 2 aromatic heterocycles. The predicted octanol–water partition coefficient (Wildman–Crippen LogP) is -0.141. The zero-order valence-corrected chi connectivity index (χ0v) is 14.7. The third kappa shape index (κ3) is 3.77. The first-order valence-corrected chi connectivity index (χ1v) is 8.95. The van der Waals surface area contributed by atoms with Gasteiger partial charge in [0, 0.05) is 57.7 Å². The lowest BCUT2D eigenvalue weighted by molar-refractivity contribution is -0.132. The van der Waals surface area contributed by atoms with Gasteiger partial charge in [-0.25, -0.2) is 0 Å². The van der Waals surface area contributed by atoms with Gasteiger partial charge in [0.25, 0.3) is 0 Å². The zero-order chi connectivity index (χ0) is 17.8. The Bertz CT molecular complexity index is 722. The van der Waals surface area contributed by atoms with E-state index in [0.717, 1.165) is 50.9 Å². The molecule has 0 aliphatic carbocycles. The molecular weight excluding hydrogens is 334 g/mol. The van der Waals surface area contributed by atoms with Gasteiger partial charge in [0.2, 0.25) is 5.91 Å². The lowest BCUT2D eigenvalue weighted by Gasteiger charge is -2.36. The van der Waals surface area contributed by atoms with E-state index in [2.05, 4.69) is 31.2 Å². The third-order valence-electron chi connectivity index (χ3n) is 4.82. The van der Waals surface area contributed by atoms with Crippen LogP contribution in [0.3, 0.4) is 0 Å². The fourth-order valence-electron chi connectivity index (χ4n) is 3.31. The summed E-state index contributed by atoms with van der Waals surface area (Å²) in [6.07, 6.45) is 5.29. The van der Waals surface area contributed by atoms with Crippen LogP contribution < -0.4 is 9.80 Å². The molecule has 0 N–H and O–H groups in total. The van der Waals surface area contributed by atoms with Crippen molar-refractivity contribution in [1.82, 2.24) is 24.9 Å². The van der Waals surface area contributed by atoms with Crippen molar-refractivity contribution in [1.29, 1.82) is 0 Å². The molecule has 2 aliphatic rings. The Hall–Kier alpha value is -2.68. The van der Waals surface area contributed by atoms with Crippen molar-refractivity contribution in [2.24, 2.45) is 0 Å². The number of anilines is 2. The monoisotopic (exact) mass is 357 g/mol. The number of aromatic nitrogens is 4. The highest BCUT2D eigenvalue weighted by Crippen LogP contribution is 2.21. The predicted molar refractivity (Wildman–Crippen MR) is 96.1 cm³/mol. The summed E-state index contributed by atoms with van der Waals surface area (Å²) in [4.78, 5) is 18.7. The van der Waals surface area contributed by atoms with Crippen LogP contribution in [0.15, 0.2) is 30.7 Å². The average Bonchev–Trinajstić information content (AvgIpc) is 3.22.